The van der Waals surface area contributed by atoms with Gasteiger partial charge in [0.05, 0.1) is 12.2 Å². The number of hydrogen-bond donors (Lipinski definition) is 1. The number of carbonyl (C=O) groups is 1. The standard InChI is InChI=1S/C22H23ClN4OS/c1-16-5-7-17(8-6-16)20-15-29-22(24-20)25-21(28)14-26-9-11-27(12-10-26)19-4-2-3-18(23)13-19/h2-8,13,15H,9-12,14H2,1H3,(H,24,25,28). The molecule has 1 saturated heterocycles. The van der Waals surface area contributed by atoms with Gasteiger partial charge in [0.2, 0.25) is 5.91 Å². The van der Waals surface area contributed by atoms with E-state index in [1.54, 1.807) is 0 Å². The minimum atomic E-state index is -0.0222. The summed E-state index contributed by atoms with van der Waals surface area (Å²) in [5.41, 5.74) is 4.30. The fraction of sp³-hybridized carbons (Fsp3) is 0.273. The second kappa shape index (κ2) is 8.95. The molecule has 1 aliphatic rings. The average Bonchev–Trinajstić information content (AvgIpc) is 3.17. The fourth-order valence-corrected chi connectivity index (χ4v) is 4.31. The molecule has 0 atom stereocenters. The van der Waals surface area contributed by atoms with Crippen molar-refractivity contribution in [2.75, 3.05) is 42.9 Å². The molecule has 1 fully saturated rings. The quantitative estimate of drug-likeness (QED) is 0.651. The third-order valence-corrected chi connectivity index (χ3v) is 6.00. The molecule has 7 heteroatoms. The van der Waals surface area contributed by atoms with Crippen molar-refractivity contribution in [1.29, 1.82) is 0 Å². The van der Waals surface area contributed by atoms with E-state index in [2.05, 4.69) is 57.4 Å². The molecule has 4 rings (SSSR count). The number of aromatic nitrogens is 1. The van der Waals surface area contributed by atoms with Crippen LogP contribution in [0.25, 0.3) is 11.3 Å². The van der Waals surface area contributed by atoms with Crippen LogP contribution in [0.1, 0.15) is 5.56 Å². The number of amides is 1. The number of aryl methyl sites for hydroxylation is 1. The molecule has 0 unspecified atom stereocenters. The summed E-state index contributed by atoms with van der Waals surface area (Å²) in [5.74, 6) is -0.0222. The molecule has 3 aromatic rings. The Kier molecular flexibility index (Phi) is 6.13. The summed E-state index contributed by atoms with van der Waals surface area (Å²) < 4.78 is 0. The maximum atomic E-state index is 12.5. The second-order valence-electron chi connectivity index (χ2n) is 7.20. The molecule has 1 amide bonds. The zero-order chi connectivity index (χ0) is 20.2. The normalized spacial score (nSPS) is 14.8. The number of anilines is 2. The Labute approximate surface area is 179 Å². The molecule has 29 heavy (non-hydrogen) atoms. The largest absolute Gasteiger partial charge is 0.369 e. The number of carbonyl (C=O) groups excluding carboxylic acids is 1. The lowest BCUT2D eigenvalue weighted by Gasteiger charge is -2.35. The predicted octanol–water partition coefficient (Wildman–Crippen LogP) is 4.53. The number of rotatable bonds is 5. The molecule has 5 nitrogen and oxygen atoms in total. The zero-order valence-electron chi connectivity index (χ0n) is 16.3. The Balaban J connectivity index is 1.28. The first-order valence-corrected chi connectivity index (χ1v) is 10.9. The van der Waals surface area contributed by atoms with E-state index in [0.29, 0.717) is 11.7 Å². The highest BCUT2D eigenvalue weighted by atomic mass is 35.5. The minimum absolute atomic E-state index is 0.0222. The molecular formula is C22H23ClN4OS. The highest BCUT2D eigenvalue weighted by molar-refractivity contribution is 7.14. The van der Waals surface area contributed by atoms with Crippen LogP contribution >= 0.6 is 22.9 Å². The van der Waals surface area contributed by atoms with Gasteiger partial charge in [-0.15, -0.1) is 11.3 Å². The Morgan fingerprint density at radius 3 is 2.62 bits per heavy atom. The molecular weight excluding hydrogens is 404 g/mol. The summed E-state index contributed by atoms with van der Waals surface area (Å²) in [6.07, 6.45) is 0. The van der Waals surface area contributed by atoms with E-state index in [-0.39, 0.29) is 5.91 Å². The molecule has 0 saturated carbocycles. The van der Waals surface area contributed by atoms with Gasteiger partial charge in [0.15, 0.2) is 5.13 Å². The van der Waals surface area contributed by atoms with Crippen LogP contribution < -0.4 is 10.2 Å². The van der Waals surface area contributed by atoms with Gasteiger partial charge in [-0.3, -0.25) is 9.69 Å². The topological polar surface area (TPSA) is 48.5 Å². The van der Waals surface area contributed by atoms with Crippen LogP contribution in [0.5, 0.6) is 0 Å². The molecule has 1 aromatic heterocycles. The van der Waals surface area contributed by atoms with E-state index < -0.39 is 0 Å². The van der Waals surface area contributed by atoms with Crippen LogP contribution in [0.15, 0.2) is 53.9 Å². The molecule has 2 heterocycles. The maximum Gasteiger partial charge on any atom is 0.240 e. The van der Waals surface area contributed by atoms with Crippen LogP contribution in [-0.2, 0) is 4.79 Å². The van der Waals surface area contributed by atoms with Crippen molar-refractivity contribution in [2.24, 2.45) is 0 Å². The Bertz CT molecular complexity index is 980. The first-order valence-electron chi connectivity index (χ1n) is 9.62. The Morgan fingerprint density at radius 1 is 1.14 bits per heavy atom. The van der Waals surface area contributed by atoms with Crippen LogP contribution in [-0.4, -0.2) is 48.5 Å². The van der Waals surface area contributed by atoms with Gasteiger partial charge in [-0.05, 0) is 25.1 Å². The first kappa shape index (κ1) is 19.9. The van der Waals surface area contributed by atoms with E-state index in [9.17, 15) is 4.79 Å². The van der Waals surface area contributed by atoms with Gasteiger partial charge in [0, 0.05) is 47.8 Å². The SMILES string of the molecule is Cc1ccc(-c2csc(NC(=O)CN3CCN(c4cccc(Cl)c4)CC3)n2)cc1. The second-order valence-corrected chi connectivity index (χ2v) is 8.49. The van der Waals surface area contributed by atoms with Crippen molar-refractivity contribution in [2.45, 2.75) is 6.92 Å². The molecule has 1 aliphatic heterocycles. The lowest BCUT2D eigenvalue weighted by molar-refractivity contribution is -0.117. The smallest absolute Gasteiger partial charge is 0.240 e. The van der Waals surface area contributed by atoms with Crippen molar-refractivity contribution < 1.29 is 4.79 Å². The molecule has 0 radical (unpaired) electrons. The molecule has 0 aliphatic carbocycles. The number of nitrogens with zero attached hydrogens (tertiary/aromatic N) is 3. The summed E-state index contributed by atoms with van der Waals surface area (Å²) >= 11 is 7.55. The van der Waals surface area contributed by atoms with Gasteiger partial charge < -0.3 is 10.2 Å². The van der Waals surface area contributed by atoms with Crippen molar-refractivity contribution in [1.82, 2.24) is 9.88 Å². The number of hydrogen-bond acceptors (Lipinski definition) is 5. The Morgan fingerprint density at radius 2 is 1.90 bits per heavy atom. The summed E-state index contributed by atoms with van der Waals surface area (Å²) in [6.45, 7) is 5.87. The number of nitrogens with one attached hydrogen (secondary N) is 1. The van der Waals surface area contributed by atoms with E-state index in [1.165, 1.54) is 16.9 Å². The summed E-state index contributed by atoms with van der Waals surface area (Å²) in [4.78, 5) is 21.5. The highest BCUT2D eigenvalue weighted by Gasteiger charge is 2.20. The third kappa shape index (κ3) is 5.15. The fourth-order valence-electron chi connectivity index (χ4n) is 3.39. The van der Waals surface area contributed by atoms with Crippen molar-refractivity contribution in [3.05, 3.63) is 64.5 Å². The van der Waals surface area contributed by atoms with Crippen molar-refractivity contribution >= 4 is 39.7 Å². The molecule has 0 bridgehead atoms. The third-order valence-electron chi connectivity index (χ3n) is 5.01. The van der Waals surface area contributed by atoms with Gasteiger partial charge in [-0.25, -0.2) is 4.98 Å². The predicted molar refractivity (Wildman–Crippen MR) is 121 cm³/mol. The van der Waals surface area contributed by atoms with E-state index in [0.717, 1.165) is 48.1 Å². The minimum Gasteiger partial charge on any atom is -0.369 e. The van der Waals surface area contributed by atoms with Crippen LogP contribution in [0.2, 0.25) is 5.02 Å². The monoisotopic (exact) mass is 426 g/mol. The van der Waals surface area contributed by atoms with Crippen LogP contribution in [0.3, 0.4) is 0 Å². The van der Waals surface area contributed by atoms with Gasteiger partial charge in [-0.2, -0.15) is 0 Å². The molecule has 0 spiro atoms. The van der Waals surface area contributed by atoms with Gasteiger partial charge in [-0.1, -0.05) is 47.5 Å². The van der Waals surface area contributed by atoms with Gasteiger partial charge in [0.25, 0.3) is 0 Å². The number of piperazine rings is 1. The van der Waals surface area contributed by atoms with E-state index in [4.69, 9.17) is 11.6 Å². The van der Waals surface area contributed by atoms with Gasteiger partial charge in [0.1, 0.15) is 0 Å². The van der Waals surface area contributed by atoms with Crippen molar-refractivity contribution in [3.63, 3.8) is 0 Å². The van der Waals surface area contributed by atoms with Crippen LogP contribution in [0, 0.1) is 6.92 Å². The molecule has 150 valence electrons. The van der Waals surface area contributed by atoms with Crippen molar-refractivity contribution in [3.8, 4) is 11.3 Å². The summed E-state index contributed by atoms with van der Waals surface area (Å²) in [7, 11) is 0. The maximum absolute atomic E-state index is 12.5. The molecule has 1 N–H and O–H groups in total. The summed E-state index contributed by atoms with van der Waals surface area (Å²) in [6, 6.07) is 16.1. The first-order chi connectivity index (χ1) is 14.1. The van der Waals surface area contributed by atoms with E-state index in [1.807, 2.05) is 23.6 Å². The highest BCUT2D eigenvalue weighted by Crippen LogP contribution is 2.25. The van der Waals surface area contributed by atoms with Gasteiger partial charge >= 0.3 is 0 Å². The summed E-state index contributed by atoms with van der Waals surface area (Å²) in [5, 5.41) is 6.30. The number of halogens is 1. The zero-order valence-corrected chi connectivity index (χ0v) is 17.8. The lowest BCUT2D eigenvalue weighted by atomic mass is 10.1. The van der Waals surface area contributed by atoms with E-state index >= 15 is 0 Å². The molecule has 2 aromatic carbocycles. The number of thiazole rings is 1. The van der Waals surface area contributed by atoms with Crippen LogP contribution in [0.4, 0.5) is 10.8 Å². The number of benzene rings is 2. The average molecular weight is 427 g/mol. The Hall–Kier alpha value is -2.41. The lowest BCUT2D eigenvalue weighted by Crippen LogP contribution is -2.48.